The van der Waals surface area contributed by atoms with Gasteiger partial charge in [0.1, 0.15) is 5.82 Å². The van der Waals surface area contributed by atoms with Crippen LogP contribution in [0.1, 0.15) is 33.6 Å². The molecule has 36 heavy (non-hydrogen) atoms. The Hall–Kier alpha value is -3.26. The number of amides is 1. The third-order valence-electron chi connectivity index (χ3n) is 6.86. The molecule has 192 valence electrons. The molecule has 1 saturated carbocycles. The van der Waals surface area contributed by atoms with E-state index in [4.69, 9.17) is 9.15 Å². The van der Waals surface area contributed by atoms with Crippen molar-refractivity contribution < 1.29 is 23.4 Å². The van der Waals surface area contributed by atoms with Gasteiger partial charge in [0.05, 0.1) is 10.2 Å². The molecule has 1 aromatic carbocycles. The van der Waals surface area contributed by atoms with Crippen molar-refractivity contribution in [1.82, 2.24) is 30.5 Å². The van der Waals surface area contributed by atoms with E-state index in [1.165, 1.54) is 18.2 Å². The Kier molecular flexibility index (Phi) is 6.11. The number of hydrogen-bond donors (Lipinski definition) is 3. The van der Waals surface area contributed by atoms with Gasteiger partial charge < -0.3 is 10.4 Å². The van der Waals surface area contributed by atoms with Crippen LogP contribution in [0.2, 0.25) is 0 Å². The van der Waals surface area contributed by atoms with Crippen molar-refractivity contribution in [1.29, 1.82) is 0 Å². The van der Waals surface area contributed by atoms with Gasteiger partial charge >= 0.3 is 11.8 Å². The molecule has 2 fully saturated rings. The normalized spacial score (nSPS) is 24.1. The van der Waals surface area contributed by atoms with Crippen LogP contribution in [0.25, 0.3) is 17.2 Å². The average molecular weight is 566 g/mol. The summed E-state index contributed by atoms with van der Waals surface area (Å²) in [7, 11) is 0. The Labute approximate surface area is 212 Å². The van der Waals surface area contributed by atoms with Crippen molar-refractivity contribution in [2.45, 2.75) is 45.7 Å². The van der Waals surface area contributed by atoms with Gasteiger partial charge in [0.15, 0.2) is 5.69 Å². The standard InChI is InChI=1S/C22H25BrFN7O5/c1-22(2,3)17-13-7-11(6-10(13)9-30(17)26-20(32)33)25-18-16(27-36-28-18)19-29-35-21(34)31(19)12-4-5-15(24)14(23)8-12/h4-5,8,10-11,13,17,26H,6-7,9H2,1-3H3,(H,25,28)(H,32,33). The molecule has 2 aliphatic rings. The zero-order chi connectivity index (χ0) is 25.8. The Morgan fingerprint density at radius 1 is 1.25 bits per heavy atom. The van der Waals surface area contributed by atoms with E-state index < -0.39 is 17.7 Å². The number of benzene rings is 1. The lowest BCUT2D eigenvalue weighted by atomic mass is 9.78. The minimum atomic E-state index is -1.07. The van der Waals surface area contributed by atoms with Crippen LogP contribution in [0.4, 0.5) is 15.0 Å². The summed E-state index contributed by atoms with van der Waals surface area (Å²) in [6.45, 7) is 6.93. The second-order valence-electron chi connectivity index (χ2n) is 10.3. The van der Waals surface area contributed by atoms with Crippen LogP contribution in [0.15, 0.2) is 36.6 Å². The van der Waals surface area contributed by atoms with Crippen molar-refractivity contribution in [2.24, 2.45) is 17.3 Å². The smallest absolute Gasteiger partial charge is 0.446 e. The number of nitrogens with one attached hydrogen (secondary N) is 2. The van der Waals surface area contributed by atoms with Gasteiger partial charge in [-0.25, -0.2) is 28.2 Å². The molecule has 4 unspecified atom stereocenters. The number of carboxylic acid groups (broad SMARTS) is 1. The predicted octanol–water partition coefficient (Wildman–Crippen LogP) is 3.50. The fourth-order valence-electron chi connectivity index (χ4n) is 5.69. The zero-order valence-electron chi connectivity index (χ0n) is 19.7. The summed E-state index contributed by atoms with van der Waals surface area (Å²) < 4.78 is 24.9. The molecule has 1 amide bonds. The van der Waals surface area contributed by atoms with Gasteiger partial charge in [-0.15, -0.1) is 0 Å². The summed E-state index contributed by atoms with van der Waals surface area (Å²) in [5.41, 5.74) is 2.93. The SMILES string of the molecule is CC(C)(C)C1C2CC(Nc3nonc3-c3noc(=O)n3-c3ccc(F)c(Br)c3)CC2CN1NC(=O)O. The van der Waals surface area contributed by atoms with E-state index >= 15 is 0 Å². The highest BCUT2D eigenvalue weighted by Gasteiger charge is 2.52. The first-order valence-electron chi connectivity index (χ1n) is 11.4. The molecular formula is C22H25BrFN7O5. The Morgan fingerprint density at radius 3 is 2.72 bits per heavy atom. The number of rotatable bonds is 5. The third-order valence-corrected chi connectivity index (χ3v) is 7.46. The van der Waals surface area contributed by atoms with E-state index in [2.05, 4.69) is 62.9 Å². The Balaban J connectivity index is 1.39. The van der Waals surface area contributed by atoms with Gasteiger partial charge in [0.2, 0.25) is 11.6 Å². The van der Waals surface area contributed by atoms with Crippen LogP contribution in [0.3, 0.4) is 0 Å². The van der Waals surface area contributed by atoms with Gasteiger partial charge in [-0.3, -0.25) is 9.95 Å². The molecule has 0 radical (unpaired) electrons. The van der Waals surface area contributed by atoms with Gasteiger partial charge in [-0.2, -0.15) is 0 Å². The summed E-state index contributed by atoms with van der Waals surface area (Å²) in [6, 6.07) is 4.12. The molecule has 1 aliphatic heterocycles. The van der Waals surface area contributed by atoms with Gasteiger partial charge in [0.25, 0.3) is 0 Å². The lowest BCUT2D eigenvalue weighted by Crippen LogP contribution is -2.51. The van der Waals surface area contributed by atoms with Gasteiger partial charge in [-0.05, 0) is 74.5 Å². The number of hydrazine groups is 1. The molecule has 14 heteroatoms. The van der Waals surface area contributed by atoms with Crippen LogP contribution in [-0.4, -0.2) is 54.9 Å². The highest BCUT2D eigenvalue weighted by atomic mass is 79.9. The molecule has 2 aromatic heterocycles. The minimum absolute atomic E-state index is 0.0227. The number of carbonyl (C=O) groups is 1. The second kappa shape index (κ2) is 9.00. The van der Waals surface area contributed by atoms with E-state index in [9.17, 15) is 19.1 Å². The van der Waals surface area contributed by atoms with Crippen molar-refractivity contribution in [3.8, 4) is 17.2 Å². The minimum Gasteiger partial charge on any atom is -0.464 e. The number of fused-ring (bicyclic) bond motifs is 1. The van der Waals surface area contributed by atoms with Gasteiger partial charge in [0, 0.05) is 18.6 Å². The zero-order valence-corrected chi connectivity index (χ0v) is 21.3. The quantitative estimate of drug-likeness (QED) is 0.419. The van der Waals surface area contributed by atoms with Gasteiger partial charge in [-0.1, -0.05) is 25.9 Å². The topological polar surface area (TPSA) is 152 Å². The highest BCUT2D eigenvalue weighted by molar-refractivity contribution is 9.10. The maximum absolute atomic E-state index is 13.7. The fraction of sp³-hybridized carbons (Fsp3) is 0.500. The van der Waals surface area contributed by atoms with E-state index in [1.807, 2.05) is 5.01 Å². The monoisotopic (exact) mass is 565 g/mol. The summed E-state index contributed by atoms with van der Waals surface area (Å²) in [4.78, 5) is 23.7. The number of aromatic nitrogens is 4. The van der Waals surface area contributed by atoms with Crippen molar-refractivity contribution >= 4 is 27.8 Å². The van der Waals surface area contributed by atoms with Crippen LogP contribution < -0.4 is 16.5 Å². The summed E-state index contributed by atoms with van der Waals surface area (Å²) in [6.07, 6.45) is 0.509. The first-order chi connectivity index (χ1) is 17.0. The first kappa shape index (κ1) is 24.4. The van der Waals surface area contributed by atoms with Crippen molar-refractivity contribution in [2.75, 3.05) is 11.9 Å². The van der Waals surface area contributed by atoms with Crippen LogP contribution in [0.5, 0.6) is 0 Å². The molecule has 3 aromatic rings. The lowest BCUT2D eigenvalue weighted by molar-refractivity contribution is 0.0623. The van der Waals surface area contributed by atoms with E-state index in [-0.39, 0.29) is 45.3 Å². The highest BCUT2D eigenvalue weighted by Crippen LogP contribution is 2.48. The molecular weight excluding hydrogens is 541 g/mol. The van der Waals surface area contributed by atoms with Crippen LogP contribution in [0, 0.1) is 23.1 Å². The molecule has 1 aliphatic carbocycles. The number of hydrogen-bond acceptors (Lipinski definition) is 9. The predicted molar refractivity (Wildman–Crippen MR) is 128 cm³/mol. The largest absolute Gasteiger partial charge is 0.464 e. The average Bonchev–Trinajstić information content (AvgIpc) is 3.53. The van der Waals surface area contributed by atoms with Crippen molar-refractivity contribution in [3.05, 3.63) is 39.0 Å². The Bertz CT molecular complexity index is 1350. The lowest BCUT2D eigenvalue weighted by Gasteiger charge is -2.38. The van der Waals surface area contributed by atoms with E-state index in [1.54, 1.807) is 0 Å². The number of nitrogens with zero attached hydrogens (tertiary/aromatic N) is 5. The van der Waals surface area contributed by atoms with E-state index in [0.717, 1.165) is 17.4 Å². The second-order valence-corrected chi connectivity index (χ2v) is 11.1. The molecule has 0 bridgehead atoms. The molecule has 3 heterocycles. The molecule has 3 N–H and O–H groups in total. The van der Waals surface area contributed by atoms with Crippen molar-refractivity contribution in [3.63, 3.8) is 0 Å². The van der Waals surface area contributed by atoms with Crippen LogP contribution in [-0.2, 0) is 0 Å². The van der Waals surface area contributed by atoms with Crippen LogP contribution >= 0.6 is 15.9 Å². The summed E-state index contributed by atoms with van der Waals surface area (Å²) >= 11 is 3.12. The summed E-state index contributed by atoms with van der Waals surface area (Å²) in [5.74, 6) is -0.344. The Morgan fingerprint density at radius 2 is 2.03 bits per heavy atom. The maximum atomic E-state index is 13.7. The number of anilines is 1. The molecule has 0 spiro atoms. The molecule has 5 rings (SSSR count). The third kappa shape index (κ3) is 4.39. The van der Waals surface area contributed by atoms with E-state index in [0.29, 0.717) is 18.1 Å². The summed E-state index contributed by atoms with van der Waals surface area (Å²) in [5, 5.41) is 26.2. The molecule has 4 atom stereocenters. The maximum Gasteiger partial charge on any atom is 0.446 e. The first-order valence-corrected chi connectivity index (χ1v) is 12.2. The number of halogens is 2. The molecule has 1 saturated heterocycles. The fourth-order valence-corrected chi connectivity index (χ4v) is 6.06. The molecule has 12 nitrogen and oxygen atoms in total.